The van der Waals surface area contributed by atoms with Gasteiger partial charge in [0.2, 0.25) is 0 Å². The minimum absolute atomic E-state index is 0.231. The Balaban J connectivity index is 2.80. The maximum Gasteiger partial charge on any atom is 0.293 e. The number of carbonyl (C=O) groups excluding carboxylic acids is 1. The highest BCUT2D eigenvalue weighted by atomic mass is 16.5. The predicted octanol–water partition coefficient (Wildman–Crippen LogP) is 1.50. The minimum Gasteiger partial charge on any atom is -0.460 e. The number of hydrogen-bond acceptors (Lipinski definition) is 3. The zero-order chi connectivity index (χ0) is 8.97. The highest BCUT2D eigenvalue weighted by Crippen LogP contribution is 2.17. The molecule has 0 heterocycles. The molecule has 0 bridgehead atoms. The smallest absolute Gasteiger partial charge is 0.293 e. The van der Waals surface area contributed by atoms with Crippen molar-refractivity contribution in [2.24, 2.45) is 0 Å². The topological polar surface area (TPSA) is 52.3 Å². The minimum atomic E-state index is -0.231. The molecule has 0 saturated carbocycles. The Labute approximate surface area is 71.1 Å². The first kappa shape index (κ1) is 8.59. The SMILES string of the molecule is CC(OC=O)c1cccc(N)c1. The molecule has 0 aliphatic rings. The van der Waals surface area contributed by atoms with Crippen molar-refractivity contribution >= 4 is 12.2 Å². The van der Waals surface area contributed by atoms with E-state index < -0.39 is 0 Å². The van der Waals surface area contributed by atoms with E-state index in [0.29, 0.717) is 12.2 Å². The molecule has 0 spiro atoms. The van der Waals surface area contributed by atoms with Crippen LogP contribution in [0.4, 0.5) is 5.69 Å². The van der Waals surface area contributed by atoms with E-state index >= 15 is 0 Å². The lowest BCUT2D eigenvalue weighted by atomic mass is 10.1. The number of anilines is 1. The summed E-state index contributed by atoms with van der Waals surface area (Å²) in [5.41, 5.74) is 7.13. The molecular weight excluding hydrogens is 154 g/mol. The maximum absolute atomic E-state index is 10.0. The van der Waals surface area contributed by atoms with Crippen LogP contribution in [-0.4, -0.2) is 6.47 Å². The fraction of sp³-hybridized carbons (Fsp3) is 0.222. The van der Waals surface area contributed by atoms with Gasteiger partial charge in [-0.25, -0.2) is 0 Å². The highest BCUT2D eigenvalue weighted by Gasteiger charge is 2.04. The fourth-order valence-corrected chi connectivity index (χ4v) is 0.974. The molecule has 0 radical (unpaired) electrons. The molecule has 0 aromatic heterocycles. The van der Waals surface area contributed by atoms with Crippen LogP contribution in [0.5, 0.6) is 0 Å². The molecule has 1 atom stereocenters. The summed E-state index contributed by atoms with van der Waals surface area (Å²) < 4.78 is 4.75. The van der Waals surface area contributed by atoms with Gasteiger partial charge in [0.15, 0.2) is 0 Å². The quantitative estimate of drug-likeness (QED) is 0.545. The van der Waals surface area contributed by atoms with Crippen molar-refractivity contribution in [3.63, 3.8) is 0 Å². The first-order valence-corrected chi connectivity index (χ1v) is 3.68. The molecule has 3 nitrogen and oxygen atoms in total. The molecule has 12 heavy (non-hydrogen) atoms. The van der Waals surface area contributed by atoms with Crippen LogP contribution in [0.2, 0.25) is 0 Å². The Kier molecular flexibility index (Phi) is 2.69. The van der Waals surface area contributed by atoms with E-state index in [-0.39, 0.29) is 6.10 Å². The monoisotopic (exact) mass is 165 g/mol. The maximum atomic E-state index is 10.0. The van der Waals surface area contributed by atoms with Crippen molar-refractivity contribution in [1.82, 2.24) is 0 Å². The number of hydrogen-bond donors (Lipinski definition) is 1. The van der Waals surface area contributed by atoms with Crippen LogP contribution in [0.1, 0.15) is 18.6 Å². The van der Waals surface area contributed by atoms with Gasteiger partial charge in [-0.1, -0.05) is 12.1 Å². The standard InChI is InChI=1S/C9H11NO2/c1-7(12-6-11)8-3-2-4-9(10)5-8/h2-7H,10H2,1H3. The van der Waals surface area contributed by atoms with Gasteiger partial charge in [0, 0.05) is 5.69 Å². The molecule has 0 aliphatic carbocycles. The summed E-state index contributed by atoms with van der Waals surface area (Å²) in [5, 5.41) is 0. The van der Waals surface area contributed by atoms with Gasteiger partial charge in [-0.2, -0.15) is 0 Å². The molecule has 1 aromatic carbocycles. The number of rotatable bonds is 3. The van der Waals surface area contributed by atoms with E-state index in [1.165, 1.54) is 0 Å². The van der Waals surface area contributed by atoms with Crippen LogP contribution in [0.15, 0.2) is 24.3 Å². The highest BCUT2D eigenvalue weighted by molar-refractivity contribution is 5.43. The Morgan fingerprint density at radius 3 is 2.92 bits per heavy atom. The Morgan fingerprint density at radius 2 is 2.33 bits per heavy atom. The predicted molar refractivity (Wildman–Crippen MR) is 46.4 cm³/mol. The number of benzene rings is 1. The normalized spacial score (nSPS) is 12.1. The van der Waals surface area contributed by atoms with Gasteiger partial charge in [-0.3, -0.25) is 4.79 Å². The van der Waals surface area contributed by atoms with E-state index in [1.807, 2.05) is 12.1 Å². The molecule has 3 heteroatoms. The van der Waals surface area contributed by atoms with Crippen LogP contribution in [0.3, 0.4) is 0 Å². The van der Waals surface area contributed by atoms with Crippen LogP contribution >= 0.6 is 0 Å². The van der Waals surface area contributed by atoms with Crippen LogP contribution in [0, 0.1) is 0 Å². The summed E-state index contributed by atoms with van der Waals surface area (Å²) in [6.07, 6.45) is -0.231. The Hall–Kier alpha value is -1.51. The van der Waals surface area contributed by atoms with Gasteiger partial charge in [0.25, 0.3) is 6.47 Å². The fourth-order valence-electron chi connectivity index (χ4n) is 0.974. The molecule has 64 valence electrons. The summed E-state index contributed by atoms with van der Waals surface area (Å²) in [6.45, 7) is 2.23. The summed E-state index contributed by atoms with van der Waals surface area (Å²) >= 11 is 0. The van der Waals surface area contributed by atoms with Gasteiger partial charge < -0.3 is 10.5 Å². The summed E-state index contributed by atoms with van der Waals surface area (Å²) in [6, 6.07) is 7.27. The first-order valence-electron chi connectivity index (χ1n) is 3.68. The lowest BCUT2D eigenvalue weighted by Crippen LogP contribution is -1.98. The molecule has 0 fully saturated rings. The van der Waals surface area contributed by atoms with E-state index in [2.05, 4.69) is 0 Å². The second kappa shape index (κ2) is 3.76. The van der Waals surface area contributed by atoms with Crippen molar-refractivity contribution in [3.8, 4) is 0 Å². The Morgan fingerprint density at radius 1 is 1.58 bits per heavy atom. The molecule has 0 saturated heterocycles. The van der Waals surface area contributed by atoms with Crippen LogP contribution in [-0.2, 0) is 9.53 Å². The van der Waals surface area contributed by atoms with Crippen LogP contribution in [0.25, 0.3) is 0 Å². The molecule has 1 rings (SSSR count). The largest absolute Gasteiger partial charge is 0.460 e. The lowest BCUT2D eigenvalue weighted by Gasteiger charge is -2.09. The van der Waals surface area contributed by atoms with Crippen molar-refractivity contribution in [2.45, 2.75) is 13.0 Å². The van der Waals surface area contributed by atoms with E-state index in [9.17, 15) is 4.79 Å². The van der Waals surface area contributed by atoms with E-state index in [0.717, 1.165) is 5.56 Å². The summed E-state index contributed by atoms with van der Waals surface area (Å²) in [7, 11) is 0. The van der Waals surface area contributed by atoms with E-state index in [4.69, 9.17) is 10.5 Å². The van der Waals surface area contributed by atoms with Gasteiger partial charge >= 0.3 is 0 Å². The zero-order valence-electron chi connectivity index (χ0n) is 6.86. The molecule has 1 aromatic rings. The average molecular weight is 165 g/mol. The third-order valence-corrected chi connectivity index (χ3v) is 1.64. The number of nitrogen functional groups attached to an aromatic ring is 1. The van der Waals surface area contributed by atoms with Gasteiger partial charge in [-0.15, -0.1) is 0 Å². The number of carbonyl (C=O) groups is 1. The van der Waals surface area contributed by atoms with Crippen molar-refractivity contribution in [1.29, 1.82) is 0 Å². The average Bonchev–Trinajstić information content (AvgIpc) is 2.05. The van der Waals surface area contributed by atoms with Gasteiger partial charge in [0.1, 0.15) is 6.10 Å². The van der Waals surface area contributed by atoms with E-state index in [1.54, 1.807) is 19.1 Å². The van der Waals surface area contributed by atoms with Gasteiger partial charge in [0.05, 0.1) is 0 Å². The Bertz CT molecular complexity index is 273. The number of ether oxygens (including phenoxy) is 1. The summed E-state index contributed by atoms with van der Waals surface area (Å²) in [4.78, 5) is 10.0. The molecule has 0 aliphatic heterocycles. The van der Waals surface area contributed by atoms with Crippen molar-refractivity contribution < 1.29 is 9.53 Å². The van der Waals surface area contributed by atoms with Crippen molar-refractivity contribution in [2.75, 3.05) is 5.73 Å². The molecule has 1 unspecified atom stereocenters. The first-order chi connectivity index (χ1) is 5.74. The third kappa shape index (κ3) is 1.99. The third-order valence-electron chi connectivity index (χ3n) is 1.64. The second-order valence-electron chi connectivity index (χ2n) is 2.54. The molecule has 0 amide bonds. The van der Waals surface area contributed by atoms with Gasteiger partial charge in [-0.05, 0) is 24.6 Å². The molecular formula is C9H11NO2. The summed E-state index contributed by atoms with van der Waals surface area (Å²) in [5.74, 6) is 0. The molecule has 2 N–H and O–H groups in total. The van der Waals surface area contributed by atoms with Crippen LogP contribution < -0.4 is 5.73 Å². The second-order valence-corrected chi connectivity index (χ2v) is 2.54. The number of nitrogens with two attached hydrogens (primary N) is 1. The van der Waals surface area contributed by atoms with Crippen molar-refractivity contribution in [3.05, 3.63) is 29.8 Å². The lowest BCUT2D eigenvalue weighted by molar-refractivity contribution is -0.133. The zero-order valence-corrected chi connectivity index (χ0v) is 6.86.